The Balaban J connectivity index is 2.34. The molecule has 0 fully saturated rings. The van der Waals surface area contributed by atoms with Gasteiger partial charge in [-0.25, -0.2) is 0 Å². The molecule has 2 aromatic rings. The standard InChI is InChI=1S/C18H21NO2/c1-12-8-7-9-13(2)17(12)18(21)19(4)14(3)15-10-5-6-11-16(15)20/h5-11,14,20H,1-4H3. The molecule has 0 saturated heterocycles. The second-order valence-electron chi connectivity index (χ2n) is 5.42. The highest BCUT2D eigenvalue weighted by Gasteiger charge is 2.23. The number of hydrogen-bond donors (Lipinski definition) is 1. The molecule has 0 aliphatic heterocycles. The first kappa shape index (κ1) is 15.1. The molecule has 110 valence electrons. The molecule has 21 heavy (non-hydrogen) atoms. The zero-order chi connectivity index (χ0) is 15.6. The molecule has 3 heteroatoms. The fraction of sp³-hybridized carbons (Fsp3) is 0.278. The van der Waals surface area contributed by atoms with Gasteiger partial charge in [-0.3, -0.25) is 4.79 Å². The van der Waals surface area contributed by atoms with E-state index in [1.54, 1.807) is 24.1 Å². The zero-order valence-corrected chi connectivity index (χ0v) is 12.9. The Morgan fingerprint density at radius 1 is 1.05 bits per heavy atom. The molecule has 3 nitrogen and oxygen atoms in total. The van der Waals surface area contributed by atoms with Crippen LogP contribution in [0, 0.1) is 13.8 Å². The van der Waals surface area contributed by atoms with Crippen molar-refractivity contribution in [2.24, 2.45) is 0 Å². The van der Waals surface area contributed by atoms with Crippen LogP contribution in [0.5, 0.6) is 5.75 Å². The Labute approximate surface area is 125 Å². The largest absolute Gasteiger partial charge is 0.508 e. The molecule has 0 aliphatic rings. The smallest absolute Gasteiger partial charge is 0.254 e. The first-order valence-corrected chi connectivity index (χ1v) is 7.04. The van der Waals surface area contributed by atoms with Crippen LogP contribution in [0.4, 0.5) is 0 Å². The molecular weight excluding hydrogens is 262 g/mol. The molecule has 0 aliphatic carbocycles. The number of carbonyl (C=O) groups excluding carboxylic acids is 1. The molecule has 2 rings (SSSR count). The van der Waals surface area contributed by atoms with Crippen LogP contribution < -0.4 is 0 Å². The molecule has 0 spiro atoms. The van der Waals surface area contributed by atoms with Gasteiger partial charge in [0.05, 0.1) is 6.04 Å². The molecule has 1 atom stereocenters. The SMILES string of the molecule is Cc1cccc(C)c1C(=O)N(C)C(C)c1ccccc1O. The molecule has 1 amide bonds. The summed E-state index contributed by atoms with van der Waals surface area (Å²) >= 11 is 0. The summed E-state index contributed by atoms with van der Waals surface area (Å²) in [4.78, 5) is 14.4. The normalized spacial score (nSPS) is 12.0. The van der Waals surface area contributed by atoms with Crippen LogP contribution >= 0.6 is 0 Å². The predicted octanol–water partition coefficient (Wildman–Crippen LogP) is 3.84. The predicted molar refractivity (Wildman–Crippen MR) is 84.5 cm³/mol. The van der Waals surface area contributed by atoms with E-state index in [-0.39, 0.29) is 17.7 Å². The van der Waals surface area contributed by atoms with E-state index >= 15 is 0 Å². The van der Waals surface area contributed by atoms with Crippen LogP contribution in [0.1, 0.15) is 40.0 Å². The summed E-state index contributed by atoms with van der Waals surface area (Å²) in [6, 6.07) is 12.8. The number of rotatable bonds is 3. The zero-order valence-electron chi connectivity index (χ0n) is 12.9. The van der Waals surface area contributed by atoms with E-state index in [4.69, 9.17) is 0 Å². The van der Waals surface area contributed by atoms with Crippen LogP contribution in [0.2, 0.25) is 0 Å². The van der Waals surface area contributed by atoms with Crippen molar-refractivity contribution in [3.63, 3.8) is 0 Å². The van der Waals surface area contributed by atoms with Crippen molar-refractivity contribution in [2.75, 3.05) is 7.05 Å². The topological polar surface area (TPSA) is 40.5 Å². The van der Waals surface area contributed by atoms with E-state index < -0.39 is 0 Å². The molecule has 0 saturated carbocycles. The molecule has 0 bridgehead atoms. The number of hydrogen-bond acceptors (Lipinski definition) is 2. The van der Waals surface area contributed by atoms with Crippen molar-refractivity contribution in [1.29, 1.82) is 0 Å². The van der Waals surface area contributed by atoms with E-state index in [9.17, 15) is 9.90 Å². The highest BCUT2D eigenvalue weighted by atomic mass is 16.3. The number of carbonyl (C=O) groups is 1. The third-order valence-electron chi connectivity index (χ3n) is 3.98. The lowest BCUT2D eigenvalue weighted by Crippen LogP contribution is -2.30. The van der Waals surface area contributed by atoms with Gasteiger partial charge in [-0.15, -0.1) is 0 Å². The maximum absolute atomic E-state index is 12.8. The summed E-state index contributed by atoms with van der Waals surface area (Å²) in [6.07, 6.45) is 0. The average molecular weight is 283 g/mol. The third kappa shape index (κ3) is 2.92. The second kappa shape index (κ2) is 6.00. The Hall–Kier alpha value is -2.29. The van der Waals surface area contributed by atoms with Gasteiger partial charge in [0.25, 0.3) is 5.91 Å². The molecule has 2 aromatic carbocycles. The fourth-order valence-corrected chi connectivity index (χ4v) is 2.55. The maximum atomic E-state index is 12.8. The van der Waals surface area contributed by atoms with Gasteiger partial charge >= 0.3 is 0 Å². The van der Waals surface area contributed by atoms with Gasteiger partial charge in [-0.1, -0.05) is 36.4 Å². The molecule has 1 unspecified atom stereocenters. The summed E-state index contributed by atoms with van der Waals surface area (Å²) in [5, 5.41) is 9.95. The van der Waals surface area contributed by atoms with E-state index in [2.05, 4.69) is 0 Å². The van der Waals surface area contributed by atoms with Gasteiger partial charge in [-0.2, -0.15) is 0 Å². The summed E-state index contributed by atoms with van der Waals surface area (Å²) in [7, 11) is 1.77. The lowest BCUT2D eigenvalue weighted by atomic mass is 10.00. The molecule has 0 aromatic heterocycles. The van der Waals surface area contributed by atoms with Gasteiger partial charge < -0.3 is 10.0 Å². The minimum Gasteiger partial charge on any atom is -0.508 e. The van der Waals surface area contributed by atoms with E-state index in [1.165, 1.54) is 0 Å². The van der Waals surface area contributed by atoms with Crippen LogP contribution in [-0.4, -0.2) is 23.0 Å². The summed E-state index contributed by atoms with van der Waals surface area (Å²) in [6.45, 7) is 5.80. The van der Waals surface area contributed by atoms with Crippen molar-refractivity contribution in [1.82, 2.24) is 4.90 Å². The monoisotopic (exact) mass is 283 g/mol. The maximum Gasteiger partial charge on any atom is 0.254 e. The van der Waals surface area contributed by atoms with Gasteiger partial charge in [0, 0.05) is 18.2 Å². The number of aryl methyl sites for hydroxylation is 2. The summed E-state index contributed by atoms with van der Waals surface area (Å²) in [5.41, 5.74) is 3.43. The fourth-order valence-electron chi connectivity index (χ4n) is 2.55. The molecular formula is C18H21NO2. The lowest BCUT2D eigenvalue weighted by Gasteiger charge is -2.27. The van der Waals surface area contributed by atoms with Crippen molar-refractivity contribution in [2.45, 2.75) is 26.8 Å². The summed E-state index contributed by atoms with van der Waals surface area (Å²) in [5.74, 6) is 0.188. The van der Waals surface area contributed by atoms with Crippen LogP contribution in [-0.2, 0) is 0 Å². The highest BCUT2D eigenvalue weighted by molar-refractivity contribution is 5.97. The molecule has 0 heterocycles. The van der Waals surface area contributed by atoms with Gasteiger partial charge in [-0.05, 0) is 38.0 Å². The van der Waals surface area contributed by atoms with Crippen molar-refractivity contribution < 1.29 is 9.90 Å². The Morgan fingerprint density at radius 2 is 1.62 bits per heavy atom. The van der Waals surface area contributed by atoms with Crippen LogP contribution in [0.25, 0.3) is 0 Å². The Morgan fingerprint density at radius 3 is 2.19 bits per heavy atom. The average Bonchev–Trinajstić information content (AvgIpc) is 2.46. The lowest BCUT2D eigenvalue weighted by molar-refractivity contribution is 0.0740. The number of nitrogens with zero attached hydrogens (tertiary/aromatic N) is 1. The highest BCUT2D eigenvalue weighted by Crippen LogP contribution is 2.29. The number of aromatic hydroxyl groups is 1. The van der Waals surface area contributed by atoms with Gasteiger partial charge in [0.1, 0.15) is 5.75 Å². The Kier molecular flexibility index (Phi) is 4.32. The van der Waals surface area contributed by atoms with Gasteiger partial charge in [0.2, 0.25) is 0 Å². The van der Waals surface area contributed by atoms with E-state index in [0.717, 1.165) is 22.3 Å². The minimum atomic E-state index is -0.197. The van der Waals surface area contributed by atoms with Crippen molar-refractivity contribution in [3.8, 4) is 5.75 Å². The number of phenols is 1. The second-order valence-corrected chi connectivity index (χ2v) is 5.42. The quantitative estimate of drug-likeness (QED) is 0.929. The molecule has 0 radical (unpaired) electrons. The van der Waals surface area contributed by atoms with Crippen molar-refractivity contribution in [3.05, 3.63) is 64.7 Å². The Bertz CT molecular complexity index is 644. The van der Waals surface area contributed by atoms with Crippen LogP contribution in [0.3, 0.4) is 0 Å². The first-order valence-electron chi connectivity index (χ1n) is 7.04. The van der Waals surface area contributed by atoms with E-state index in [1.807, 2.05) is 51.1 Å². The number of phenolic OH excluding ortho intramolecular Hbond substituents is 1. The van der Waals surface area contributed by atoms with Crippen molar-refractivity contribution >= 4 is 5.91 Å². The number of amides is 1. The first-order chi connectivity index (χ1) is 9.93. The van der Waals surface area contributed by atoms with E-state index in [0.29, 0.717) is 0 Å². The minimum absolute atomic E-state index is 0.0265. The van der Waals surface area contributed by atoms with Crippen LogP contribution in [0.15, 0.2) is 42.5 Å². The molecule has 1 N–H and O–H groups in total. The third-order valence-corrected chi connectivity index (χ3v) is 3.98. The van der Waals surface area contributed by atoms with Gasteiger partial charge in [0.15, 0.2) is 0 Å². The summed E-state index contributed by atoms with van der Waals surface area (Å²) < 4.78 is 0. The number of para-hydroxylation sites is 1. The number of benzene rings is 2.